The minimum atomic E-state index is -0.269. The van der Waals surface area contributed by atoms with Crippen molar-refractivity contribution in [2.45, 2.75) is 32.3 Å². The van der Waals surface area contributed by atoms with E-state index in [-0.39, 0.29) is 11.5 Å². The number of carbonyl (C=O) groups excluding carboxylic acids is 1. The lowest BCUT2D eigenvalue weighted by atomic mass is 9.94. The van der Waals surface area contributed by atoms with Crippen molar-refractivity contribution in [3.63, 3.8) is 0 Å². The van der Waals surface area contributed by atoms with Crippen LogP contribution in [0.4, 0.5) is 5.82 Å². The predicted octanol–water partition coefficient (Wildman–Crippen LogP) is 2.81. The number of rotatable bonds is 4. The molecule has 5 nitrogen and oxygen atoms in total. The number of likely N-dealkylation sites (tertiary alicyclic amines) is 1. The Balaban J connectivity index is 2.14. The van der Waals surface area contributed by atoms with Crippen LogP contribution < -0.4 is 5.32 Å². The van der Waals surface area contributed by atoms with Gasteiger partial charge in [0.1, 0.15) is 5.82 Å². The van der Waals surface area contributed by atoms with Crippen LogP contribution >= 0.6 is 11.6 Å². The number of nitrogens with one attached hydrogen (secondary N) is 1. The van der Waals surface area contributed by atoms with Gasteiger partial charge in [-0.25, -0.2) is 4.98 Å². The number of hydrogen-bond donors (Lipinski definition) is 1. The second-order valence-electron chi connectivity index (χ2n) is 5.57. The van der Waals surface area contributed by atoms with Gasteiger partial charge in [-0.15, -0.1) is 0 Å². The molecule has 1 atom stereocenters. The van der Waals surface area contributed by atoms with Crippen LogP contribution in [0.5, 0.6) is 0 Å². The van der Waals surface area contributed by atoms with Crippen molar-refractivity contribution < 1.29 is 9.53 Å². The van der Waals surface area contributed by atoms with Gasteiger partial charge >= 0.3 is 0 Å². The smallest absolute Gasteiger partial charge is 0.255 e. The zero-order chi connectivity index (χ0) is 15.5. The number of methoxy groups -OCH3 is 1. The quantitative estimate of drug-likeness (QED) is 0.929. The third-order valence-electron chi connectivity index (χ3n) is 3.87. The second-order valence-corrected chi connectivity index (χ2v) is 5.98. The Bertz CT molecular complexity index is 524. The first-order valence-electron chi connectivity index (χ1n) is 7.23. The lowest BCUT2D eigenvalue weighted by Gasteiger charge is -2.39. The Hall–Kier alpha value is -1.33. The summed E-state index contributed by atoms with van der Waals surface area (Å²) in [5.74, 6) is 0.562. The van der Waals surface area contributed by atoms with E-state index in [4.69, 9.17) is 16.3 Å². The highest BCUT2D eigenvalue weighted by atomic mass is 35.5. The molecule has 1 fully saturated rings. The van der Waals surface area contributed by atoms with Gasteiger partial charge in [-0.1, -0.05) is 11.6 Å². The molecule has 0 spiro atoms. The summed E-state index contributed by atoms with van der Waals surface area (Å²) >= 11 is 6.15. The van der Waals surface area contributed by atoms with Gasteiger partial charge in [0.25, 0.3) is 5.91 Å². The molecule has 2 rings (SSSR count). The molecular weight excluding hydrogens is 290 g/mol. The minimum absolute atomic E-state index is 0.0459. The summed E-state index contributed by atoms with van der Waals surface area (Å²) in [5.41, 5.74) is 0.247. The second kappa shape index (κ2) is 6.62. The van der Waals surface area contributed by atoms with E-state index in [1.807, 2.05) is 18.7 Å². The molecule has 0 bridgehead atoms. The molecule has 1 N–H and O–H groups in total. The molecule has 116 valence electrons. The number of nitrogens with zero attached hydrogens (tertiary/aromatic N) is 2. The van der Waals surface area contributed by atoms with Gasteiger partial charge < -0.3 is 15.0 Å². The molecule has 1 aromatic heterocycles. The zero-order valence-electron chi connectivity index (χ0n) is 12.8. The van der Waals surface area contributed by atoms with Crippen LogP contribution in [-0.4, -0.2) is 48.1 Å². The molecule has 0 aliphatic carbocycles. The van der Waals surface area contributed by atoms with Crippen molar-refractivity contribution in [1.29, 1.82) is 0 Å². The molecule has 6 heteroatoms. The summed E-state index contributed by atoms with van der Waals surface area (Å²) in [6.07, 6.45) is 3.48. The van der Waals surface area contributed by atoms with Gasteiger partial charge in [-0.3, -0.25) is 4.79 Å². The molecule has 1 aromatic rings. The molecule has 21 heavy (non-hydrogen) atoms. The van der Waals surface area contributed by atoms with E-state index >= 15 is 0 Å². The molecule has 1 aliphatic heterocycles. The van der Waals surface area contributed by atoms with E-state index in [0.29, 0.717) is 22.9 Å². The lowest BCUT2D eigenvalue weighted by Crippen LogP contribution is -2.49. The van der Waals surface area contributed by atoms with Gasteiger partial charge in [0.15, 0.2) is 0 Å². The van der Waals surface area contributed by atoms with E-state index in [0.717, 1.165) is 25.9 Å². The molecule has 0 saturated carbocycles. The van der Waals surface area contributed by atoms with Crippen LogP contribution in [0.15, 0.2) is 12.3 Å². The topological polar surface area (TPSA) is 54.5 Å². The van der Waals surface area contributed by atoms with Crippen molar-refractivity contribution in [3.8, 4) is 0 Å². The largest absolute Gasteiger partial charge is 0.377 e. The first-order valence-corrected chi connectivity index (χ1v) is 7.61. The zero-order valence-corrected chi connectivity index (χ0v) is 13.5. The van der Waals surface area contributed by atoms with Gasteiger partial charge in [0.2, 0.25) is 0 Å². The normalized spacial score (nSPS) is 22.2. The van der Waals surface area contributed by atoms with E-state index in [9.17, 15) is 4.79 Å². The van der Waals surface area contributed by atoms with Gasteiger partial charge in [-0.2, -0.15) is 0 Å². The van der Waals surface area contributed by atoms with E-state index in [1.54, 1.807) is 19.4 Å². The SMILES string of the molecule is CCNc1ncc(C(=O)N2CCCC(C)(OC)C2)cc1Cl. The number of ether oxygens (including phenoxy) is 1. The first-order chi connectivity index (χ1) is 9.99. The van der Waals surface area contributed by atoms with Gasteiger partial charge in [0, 0.05) is 32.9 Å². The van der Waals surface area contributed by atoms with Crippen LogP contribution in [0.25, 0.3) is 0 Å². The summed E-state index contributed by atoms with van der Waals surface area (Å²) in [6.45, 7) is 6.07. The Morgan fingerprint density at radius 1 is 1.62 bits per heavy atom. The standard InChI is InChI=1S/C15H22ClN3O2/c1-4-17-13-12(16)8-11(9-18-13)14(20)19-7-5-6-15(2,10-19)21-3/h8-9H,4-7,10H2,1-3H3,(H,17,18). The van der Waals surface area contributed by atoms with Crippen molar-refractivity contribution in [2.24, 2.45) is 0 Å². The number of halogens is 1. The number of carbonyl (C=O) groups is 1. The molecule has 1 amide bonds. The molecule has 2 heterocycles. The molecule has 0 radical (unpaired) electrons. The highest BCUT2D eigenvalue weighted by molar-refractivity contribution is 6.33. The minimum Gasteiger partial charge on any atom is -0.377 e. The van der Waals surface area contributed by atoms with Gasteiger partial charge in [0.05, 0.1) is 16.2 Å². The van der Waals surface area contributed by atoms with Crippen LogP contribution in [0.2, 0.25) is 5.02 Å². The fourth-order valence-electron chi connectivity index (χ4n) is 2.58. The Morgan fingerprint density at radius 3 is 3.00 bits per heavy atom. The van der Waals surface area contributed by atoms with E-state index in [1.165, 1.54) is 0 Å². The van der Waals surface area contributed by atoms with Crippen LogP contribution in [0.1, 0.15) is 37.0 Å². The van der Waals surface area contributed by atoms with E-state index in [2.05, 4.69) is 10.3 Å². The monoisotopic (exact) mass is 311 g/mol. The summed E-state index contributed by atoms with van der Waals surface area (Å²) in [7, 11) is 1.69. The van der Waals surface area contributed by atoms with Crippen molar-refractivity contribution >= 4 is 23.3 Å². The van der Waals surface area contributed by atoms with Crippen molar-refractivity contribution in [1.82, 2.24) is 9.88 Å². The third-order valence-corrected chi connectivity index (χ3v) is 4.16. The van der Waals surface area contributed by atoms with Crippen LogP contribution in [-0.2, 0) is 4.74 Å². The van der Waals surface area contributed by atoms with Gasteiger partial charge in [-0.05, 0) is 32.8 Å². The fourth-order valence-corrected chi connectivity index (χ4v) is 2.81. The third kappa shape index (κ3) is 3.66. The summed E-state index contributed by atoms with van der Waals surface area (Å²) < 4.78 is 5.52. The van der Waals surface area contributed by atoms with Crippen LogP contribution in [0, 0.1) is 0 Å². The molecule has 1 unspecified atom stereocenters. The number of amides is 1. The maximum Gasteiger partial charge on any atom is 0.255 e. The summed E-state index contributed by atoms with van der Waals surface area (Å²) in [5, 5.41) is 3.52. The number of pyridine rings is 1. The maximum absolute atomic E-state index is 12.6. The Morgan fingerprint density at radius 2 is 2.38 bits per heavy atom. The number of aromatic nitrogens is 1. The summed E-state index contributed by atoms with van der Waals surface area (Å²) in [6, 6.07) is 1.67. The highest BCUT2D eigenvalue weighted by Gasteiger charge is 2.33. The number of hydrogen-bond acceptors (Lipinski definition) is 4. The molecule has 0 aromatic carbocycles. The first kappa shape index (κ1) is 16.0. The average molecular weight is 312 g/mol. The molecule has 1 saturated heterocycles. The molecular formula is C15H22ClN3O2. The van der Waals surface area contributed by atoms with E-state index < -0.39 is 0 Å². The van der Waals surface area contributed by atoms with Crippen molar-refractivity contribution in [2.75, 3.05) is 32.1 Å². The number of piperidine rings is 1. The molecule has 1 aliphatic rings. The summed E-state index contributed by atoms with van der Waals surface area (Å²) in [4.78, 5) is 18.6. The fraction of sp³-hybridized carbons (Fsp3) is 0.600. The average Bonchev–Trinajstić information content (AvgIpc) is 2.49. The highest BCUT2D eigenvalue weighted by Crippen LogP contribution is 2.26. The number of anilines is 1. The Kier molecular flexibility index (Phi) is 5.06. The lowest BCUT2D eigenvalue weighted by molar-refractivity contribution is -0.0440. The Labute approximate surface area is 130 Å². The van der Waals surface area contributed by atoms with Crippen molar-refractivity contribution in [3.05, 3.63) is 22.8 Å². The van der Waals surface area contributed by atoms with Crippen LogP contribution in [0.3, 0.4) is 0 Å². The predicted molar refractivity (Wildman–Crippen MR) is 84.0 cm³/mol. The maximum atomic E-state index is 12.6.